The van der Waals surface area contributed by atoms with Crippen LogP contribution in [0, 0.1) is 5.92 Å². The van der Waals surface area contributed by atoms with Gasteiger partial charge in [-0.05, 0) is 30.2 Å². The highest BCUT2D eigenvalue weighted by molar-refractivity contribution is 7.09. The predicted octanol–water partition coefficient (Wildman–Crippen LogP) is 1.16. The molecule has 126 valence electrons. The number of likely N-dealkylation sites (tertiary alicyclic amines) is 1. The van der Waals surface area contributed by atoms with Crippen molar-refractivity contribution in [3.05, 3.63) is 22.4 Å². The molecule has 0 unspecified atom stereocenters. The van der Waals surface area contributed by atoms with Gasteiger partial charge in [0, 0.05) is 44.6 Å². The van der Waals surface area contributed by atoms with Crippen molar-refractivity contribution in [3.63, 3.8) is 0 Å². The van der Waals surface area contributed by atoms with Crippen LogP contribution >= 0.6 is 11.3 Å². The molecular formula is C17H25N3O2S. The predicted molar refractivity (Wildman–Crippen MR) is 90.4 cm³/mol. The van der Waals surface area contributed by atoms with Crippen LogP contribution in [0.5, 0.6) is 0 Å². The highest BCUT2D eigenvalue weighted by atomic mass is 32.1. The molecule has 1 aromatic heterocycles. The van der Waals surface area contributed by atoms with Crippen molar-refractivity contribution in [1.29, 1.82) is 0 Å². The molecule has 3 aliphatic rings. The summed E-state index contributed by atoms with van der Waals surface area (Å²) in [6, 6.07) is 4.19. The maximum Gasteiger partial charge on any atom is 0.239 e. The molecule has 0 aromatic carbocycles. The minimum atomic E-state index is -0.113. The number of ether oxygens (including phenoxy) is 1. The van der Waals surface area contributed by atoms with E-state index < -0.39 is 0 Å². The quantitative estimate of drug-likeness (QED) is 0.877. The molecule has 1 spiro atoms. The van der Waals surface area contributed by atoms with E-state index in [2.05, 4.69) is 32.6 Å². The molecule has 6 heteroatoms. The Bertz CT molecular complexity index is 552. The third-order valence-corrected chi connectivity index (χ3v) is 6.06. The van der Waals surface area contributed by atoms with Gasteiger partial charge < -0.3 is 10.1 Å². The first-order valence-corrected chi connectivity index (χ1v) is 9.40. The smallest absolute Gasteiger partial charge is 0.239 e. The maximum absolute atomic E-state index is 12.1. The summed E-state index contributed by atoms with van der Waals surface area (Å²) < 4.78 is 6.18. The Hall–Kier alpha value is -0.950. The fraction of sp³-hybridized carbons (Fsp3) is 0.706. The number of amides is 1. The number of rotatable bonds is 5. The van der Waals surface area contributed by atoms with Gasteiger partial charge in [0.05, 0.1) is 6.61 Å². The van der Waals surface area contributed by atoms with Crippen molar-refractivity contribution in [2.75, 3.05) is 39.8 Å². The number of hydrogen-bond donors (Lipinski definition) is 1. The number of thiophene rings is 1. The zero-order valence-corrected chi connectivity index (χ0v) is 14.5. The molecule has 1 aromatic rings. The van der Waals surface area contributed by atoms with Crippen molar-refractivity contribution in [3.8, 4) is 0 Å². The molecule has 1 amide bonds. The van der Waals surface area contributed by atoms with Crippen LogP contribution in [0.2, 0.25) is 0 Å². The number of likely N-dealkylation sites (N-methyl/N-ethyl adjacent to an activating group) is 1. The van der Waals surface area contributed by atoms with Crippen LogP contribution in [-0.2, 0) is 16.1 Å². The molecule has 1 saturated carbocycles. The number of nitrogens with one attached hydrogen (secondary N) is 1. The molecule has 3 heterocycles. The standard InChI is InChI=1S/C17H25N3O2S/c1-18-16(21)15-9-22-17(12-20(15)7-13-4-5-13)10-19(11-17)8-14-3-2-6-23-14/h2-3,6,13,15H,4-5,7-12H2,1H3,(H,18,21)/t15-/m0/s1. The molecule has 1 atom stereocenters. The van der Waals surface area contributed by atoms with E-state index in [0.717, 1.165) is 38.6 Å². The van der Waals surface area contributed by atoms with Crippen LogP contribution in [0.1, 0.15) is 17.7 Å². The number of carbonyl (C=O) groups excluding carboxylic acids is 1. The van der Waals surface area contributed by atoms with Crippen molar-refractivity contribution in [2.24, 2.45) is 5.92 Å². The maximum atomic E-state index is 12.1. The van der Waals surface area contributed by atoms with Gasteiger partial charge in [-0.15, -0.1) is 11.3 Å². The third-order valence-electron chi connectivity index (χ3n) is 5.20. The average molecular weight is 335 g/mol. The van der Waals surface area contributed by atoms with Crippen LogP contribution in [0.3, 0.4) is 0 Å². The van der Waals surface area contributed by atoms with E-state index in [9.17, 15) is 4.79 Å². The molecule has 0 bridgehead atoms. The van der Waals surface area contributed by atoms with Crippen LogP contribution in [0.15, 0.2) is 17.5 Å². The second-order valence-electron chi connectivity index (χ2n) is 7.22. The SMILES string of the molecule is CNC(=O)[C@@H]1COC2(CN(Cc3cccs3)C2)CN1CC1CC1. The van der Waals surface area contributed by atoms with Gasteiger partial charge in [0.1, 0.15) is 11.6 Å². The number of nitrogens with zero attached hydrogens (tertiary/aromatic N) is 2. The van der Waals surface area contributed by atoms with E-state index in [-0.39, 0.29) is 17.6 Å². The summed E-state index contributed by atoms with van der Waals surface area (Å²) >= 11 is 1.81. The molecule has 0 radical (unpaired) electrons. The largest absolute Gasteiger partial charge is 0.369 e. The molecule has 23 heavy (non-hydrogen) atoms. The molecule has 1 N–H and O–H groups in total. The fourth-order valence-corrected chi connectivity index (χ4v) is 4.56. The second kappa shape index (κ2) is 6.16. The zero-order valence-electron chi connectivity index (χ0n) is 13.7. The summed E-state index contributed by atoms with van der Waals surface area (Å²) in [6.45, 7) is 5.44. The van der Waals surface area contributed by atoms with Gasteiger partial charge in [-0.25, -0.2) is 0 Å². The lowest BCUT2D eigenvalue weighted by atomic mass is 9.90. The minimum absolute atomic E-state index is 0.0589. The normalized spacial score (nSPS) is 27.8. The highest BCUT2D eigenvalue weighted by Crippen LogP contribution is 2.36. The first-order chi connectivity index (χ1) is 11.2. The van der Waals surface area contributed by atoms with E-state index in [1.54, 1.807) is 7.05 Å². The zero-order chi connectivity index (χ0) is 15.9. The highest BCUT2D eigenvalue weighted by Gasteiger charge is 2.50. The van der Waals surface area contributed by atoms with Gasteiger partial charge in [-0.3, -0.25) is 14.6 Å². The first kappa shape index (κ1) is 15.6. The topological polar surface area (TPSA) is 44.8 Å². The lowest BCUT2D eigenvalue weighted by Crippen LogP contribution is -2.72. The van der Waals surface area contributed by atoms with Crippen molar-refractivity contribution in [2.45, 2.75) is 31.0 Å². The molecule has 2 saturated heterocycles. The van der Waals surface area contributed by atoms with E-state index in [0.29, 0.717) is 6.61 Å². The Labute approximate surface area is 141 Å². The Morgan fingerprint density at radius 3 is 2.91 bits per heavy atom. The monoisotopic (exact) mass is 335 g/mol. The number of morpholine rings is 1. The van der Waals surface area contributed by atoms with Crippen molar-refractivity contribution in [1.82, 2.24) is 15.1 Å². The van der Waals surface area contributed by atoms with E-state index >= 15 is 0 Å². The van der Waals surface area contributed by atoms with Crippen LogP contribution < -0.4 is 5.32 Å². The number of carbonyl (C=O) groups is 1. The second-order valence-corrected chi connectivity index (χ2v) is 8.25. The lowest BCUT2D eigenvalue weighted by Gasteiger charge is -2.55. The first-order valence-electron chi connectivity index (χ1n) is 8.52. The van der Waals surface area contributed by atoms with E-state index in [1.165, 1.54) is 17.7 Å². The fourth-order valence-electron chi connectivity index (χ4n) is 3.81. The minimum Gasteiger partial charge on any atom is -0.369 e. The average Bonchev–Trinajstić information content (AvgIpc) is 3.18. The molecule has 4 rings (SSSR count). The van der Waals surface area contributed by atoms with E-state index in [4.69, 9.17) is 4.74 Å². The molecular weight excluding hydrogens is 310 g/mol. The van der Waals surface area contributed by atoms with Gasteiger partial charge in [0.25, 0.3) is 0 Å². The Balaban J connectivity index is 1.36. The van der Waals surface area contributed by atoms with Gasteiger partial charge in [0.2, 0.25) is 5.91 Å². The molecule has 3 fully saturated rings. The van der Waals surface area contributed by atoms with E-state index in [1.807, 2.05) is 11.3 Å². The van der Waals surface area contributed by atoms with Crippen molar-refractivity contribution >= 4 is 17.2 Å². The van der Waals surface area contributed by atoms with Crippen LogP contribution in [0.25, 0.3) is 0 Å². The summed E-state index contributed by atoms with van der Waals surface area (Å²) in [5.74, 6) is 0.884. The Morgan fingerprint density at radius 2 is 2.26 bits per heavy atom. The molecule has 2 aliphatic heterocycles. The van der Waals surface area contributed by atoms with Gasteiger partial charge >= 0.3 is 0 Å². The van der Waals surface area contributed by atoms with Crippen LogP contribution in [0.4, 0.5) is 0 Å². The van der Waals surface area contributed by atoms with Gasteiger partial charge in [0.15, 0.2) is 0 Å². The summed E-state index contributed by atoms with van der Waals surface area (Å²) in [4.78, 5) is 18.4. The van der Waals surface area contributed by atoms with Crippen LogP contribution in [-0.4, -0.2) is 67.2 Å². The van der Waals surface area contributed by atoms with Crippen molar-refractivity contribution < 1.29 is 9.53 Å². The summed E-state index contributed by atoms with van der Waals surface area (Å²) in [6.07, 6.45) is 2.63. The summed E-state index contributed by atoms with van der Waals surface area (Å²) in [5.41, 5.74) is -0.0589. The van der Waals surface area contributed by atoms with Gasteiger partial charge in [-0.2, -0.15) is 0 Å². The summed E-state index contributed by atoms with van der Waals surface area (Å²) in [7, 11) is 1.72. The molecule has 1 aliphatic carbocycles. The molecule has 5 nitrogen and oxygen atoms in total. The number of hydrogen-bond acceptors (Lipinski definition) is 5. The third kappa shape index (κ3) is 3.31. The Morgan fingerprint density at radius 1 is 1.43 bits per heavy atom. The van der Waals surface area contributed by atoms with Gasteiger partial charge in [-0.1, -0.05) is 6.07 Å². The summed E-state index contributed by atoms with van der Waals surface area (Å²) in [5, 5.41) is 4.92. The lowest BCUT2D eigenvalue weighted by molar-refractivity contribution is -0.202. The Kier molecular flexibility index (Phi) is 4.17.